The van der Waals surface area contributed by atoms with Crippen LogP contribution in [-0.4, -0.2) is 30.2 Å². The number of carbonyl (C=O) groups excluding carboxylic acids is 1. The first-order chi connectivity index (χ1) is 9.60. The Morgan fingerprint density at radius 1 is 0.950 bits per heavy atom. The second-order valence-corrected chi connectivity index (χ2v) is 5.77. The van der Waals surface area contributed by atoms with Crippen molar-refractivity contribution in [3.63, 3.8) is 0 Å². The lowest BCUT2D eigenvalue weighted by molar-refractivity contribution is 0.0382. The number of amides is 1. The SMILES string of the molecule is CCCCC(CCC)C(C)OC(=O)N(CCC)CCC. The van der Waals surface area contributed by atoms with Crippen LogP contribution in [0, 0.1) is 5.92 Å². The summed E-state index contributed by atoms with van der Waals surface area (Å²) in [6, 6.07) is 0. The molecule has 0 aromatic rings. The van der Waals surface area contributed by atoms with E-state index in [0.717, 1.165) is 38.8 Å². The van der Waals surface area contributed by atoms with Gasteiger partial charge in [0, 0.05) is 13.1 Å². The minimum Gasteiger partial charge on any atom is -0.446 e. The molecule has 1 amide bonds. The topological polar surface area (TPSA) is 29.5 Å². The van der Waals surface area contributed by atoms with Crippen LogP contribution in [0.4, 0.5) is 4.79 Å². The van der Waals surface area contributed by atoms with Crippen LogP contribution in [0.15, 0.2) is 0 Å². The number of hydrogen-bond donors (Lipinski definition) is 0. The Bertz CT molecular complexity index is 237. The molecule has 3 heteroatoms. The lowest BCUT2D eigenvalue weighted by Gasteiger charge is -2.28. The summed E-state index contributed by atoms with van der Waals surface area (Å²) < 4.78 is 5.72. The molecule has 0 saturated carbocycles. The van der Waals surface area contributed by atoms with Gasteiger partial charge in [0.25, 0.3) is 0 Å². The first-order valence-electron chi connectivity index (χ1n) is 8.56. The zero-order chi connectivity index (χ0) is 15.4. The normalized spacial score (nSPS) is 13.8. The highest BCUT2D eigenvalue weighted by molar-refractivity contribution is 5.67. The average Bonchev–Trinajstić information content (AvgIpc) is 2.43. The monoisotopic (exact) mass is 285 g/mol. The second-order valence-electron chi connectivity index (χ2n) is 5.77. The molecule has 2 atom stereocenters. The lowest BCUT2D eigenvalue weighted by atomic mass is 9.92. The van der Waals surface area contributed by atoms with E-state index in [2.05, 4.69) is 34.6 Å². The molecule has 0 fully saturated rings. The minimum absolute atomic E-state index is 0.0326. The van der Waals surface area contributed by atoms with E-state index in [1.165, 1.54) is 19.3 Å². The van der Waals surface area contributed by atoms with E-state index in [0.29, 0.717) is 5.92 Å². The van der Waals surface area contributed by atoms with Gasteiger partial charge >= 0.3 is 6.09 Å². The maximum absolute atomic E-state index is 12.2. The highest BCUT2D eigenvalue weighted by Crippen LogP contribution is 2.21. The van der Waals surface area contributed by atoms with Crippen LogP contribution in [0.1, 0.15) is 79.6 Å². The van der Waals surface area contributed by atoms with Crippen molar-refractivity contribution >= 4 is 6.09 Å². The molecular weight excluding hydrogens is 250 g/mol. The fourth-order valence-corrected chi connectivity index (χ4v) is 2.61. The maximum atomic E-state index is 12.2. The number of carbonyl (C=O) groups is 1. The number of hydrogen-bond acceptors (Lipinski definition) is 2. The van der Waals surface area contributed by atoms with Crippen molar-refractivity contribution < 1.29 is 9.53 Å². The predicted octanol–water partition coefficient (Wildman–Crippen LogP) is 5.24. The zero-order valence-corrected chi connectivity index (χ0v) is 14.3. The van der Waals surface area contributed by atoms with Crippen molar-refractivity contribution in [2.45, 2.75) is 85.7 Å². The van der Waals surface area contributed by atoms with Gasteiger partial charge in [-0.25, -0.2) is 4.79 Å². The molecular formula is C17H35NO2. The Morgan fingerprint density at radius 3 is 2.00 bits per heavy atom. The van der Waals surface area contributed by atoms with Crippen molar-refractivity contribution in [2.24, 2.45) is 5.92 Å². The molecule has 3 nitrogen and oxygen atoms in total. The van der Waals surface area contributed by atoms with Gasteiger partial charge in [-0.1, -0.05) is 47.0 Å². The van der Waals surface area contributed by atoms with E-state index < -0.39 is 0 Å². The molecule has 0 heterocycles. The maximum Gasteiger partial charge on any atom is 0.410 e. The number of ether oxygens (including phenoxy) is 1. The average molecular weight is 285 g/mol. The third-order valence-corrected chi connectivity index (χ3v) is 3.78. The Hall–Kier alpha value is -0.730. The number of rotatable bonds is 11. The molecule has 120 valence electrons. The summed E-state index contributed by atoms with van der Waals surface area (Å²) >= 11 is 0. The van der Waals surface area contributed by atoms with Gasteiger partial charge < -0.3 is 9.64 Å². The fraction of sp³-hybridized carbons (Fsp3) is 0.941. The Labute approximate surface area is 126 Å². The third-order valence-electron chi connectivity index (χ3n) is 3.78. The van der Waals surface area contributed by atoms with Gasteiger partial charge in [0.15, 0.2) is 0 Å². The molecule has 0 aromatic heterocycles. The van der Waals surface area contributed by atoms with Crippen LogP contribution in [-0.2, 0) is 4.74 Å². The van der Waals surface area contributed by atoms with Gasteiger partial charge in [-0.3, -0.25) is 0 Å². The van der Waals surface area contributed by atoms with Gasteiger partial charge in [-0.2, -0.15) is 0 Å². The smallest absolute Gasteiger partial charge is 0.410 e. The molecule has 0 aliphatic heterocycles. The lowest BCUT2D eigenvalue weighted by Crippen LogP contribution is -2.36. The third kappa shape index (κ3) is 7.76. The van der Waals surface area contributed by atoms with Crippen molar-refractivity contribution in [2.75, 3.05) is 13.1 Å². The summed E-state index contributed by atoms with van der Waals surface area (Å²) in [5.74, 6) is 0.508. The molecule has 0 spiro atoms. The predicted molar refractivity (Wildman–Crippen MR) is 86.0 cm³/mol. The molecule has 20 heavy (non-hydrogen) atoms. The van der Waals surface area contributed by atoms with Crippen molar-refractivity contribution in [1.82, 2.24) is 4.90 Å². The second kappa shape index (κ2) is 12.0. The molecule has 0 bridgehead atoms. The highest BCUT2D eigenvalue weighted by Gasteiger charge is 2.22. The summed E-state index contributed by atoms with van der Waals surface area (Å²) in [5.41, 5.74) is 0. The van der Waals surface area contributed by atoms with Gasteiger partial charge in [0.2, 0.25) is 0 Å². The zero-order valence-electron chi connectivity index (χ0n) is 14.3. The van der Waals surface area contributed by atoms with Crippen LogP contribution >= 0.6 is 0 Å². The van der Waals surface area contributed by atoms with Crippen LogP contribution in [0.2, 0.25) is 0 Å². The van der Waals surface area contributed by atoms with Crippen LogP contribution in [0.3, 0.4) is 0 Å². The molecule has 2 unspecified atom stereocenters. The van der Waals surface area contributed by atoms with Crippen LogP contribution in [0.25, 0.3) is 0 Å². The van der Waals surface area contributed by atoms with Crippen molar-refractivity contribution in [3.8, 4) is 0 Å². The number of unbranched alkanes of at least 4 members (excludes halogenated alkanes) is 1. The van der Waals surface area contributed by atoms with Crippen LogP contribution < -0.4 is 0 Å². The molecule has 0 saturated heterocycles. The van der Waals surface area contributed by atoms with Gasteiger partial charge in [0.1, 0.15) is 6.10 Å². The van der Waals surface area contributed by atoms with E-state index >= 15 is 0 Å². The largest absolute Gasteiger partial charge is 0.446 e. The Balaban J connectivity index is 4.41. The first-order valence-corrected chi connectivity index (χ1v) is 8.56. The molecule has 0 aliphatic rings. The van der Waals surface area contributed by atoms with E-state index in [9.17, 15) is 4.79 Å². The van der Waals surface area contributed by atoms with Crippen molar-refractivity contribution in [3.05, 3.63) is 0 Å². The van der Waals surface area contributed by atoms with Gasteiger partial charge in [-0.15, -0.1) is 0 Å². The fourth-order valence-electron chi connectivity index (χ4n) is 2.61. The van der Waals surface area contributed by atoms with E-state index in [1.54, 1.807) is 0 Å². The molecule has 0 radical (unpaired) electrons. The molecule has 0 aromatic carbocycles. The van der Waals surface area contributed by atoms with Gasteiger partial charge in [-0.05, 0) is 38.5 Å². The van der Waals surface area contributed by atoms with Crippen molar-refractivity contribution in [1.29, 1.82) is 0 Å². The molecule has 0 rings (SSSR count). The highest BCUT2D eigenvalue weighted by atomic mass is 16.6. The summed E-state index contributed by atoms with van der Waals surface area (Å²) in [7, 11) is 0. The Morgan fingerprint density at radius 2 is 1.55 bits per heavy atom. The Kier molecular flexibility index (Phi) is 11.6. The minimum atomic E-state index is -0.126. The van der Waals surface area contributed by atoms with E-state index in [4.69, 9.17) is 4.74 Å². The molecule has 0 aliphatic carbocycles. The van der Waals surface area contributed by atoms with E-state index in [1.807, 2.05) is 4.90 Å². The number of nitrogens with zero attached hydrogens (tertiary/aromatic N) is 1. The quantitative estimate of drug-likeness (QED) is 0.519. The summed E-state index contributed by atoms with van der Waals surface area (Å²) in [5, 5.41) is 0. The molecule has 0 N–H and O–H groups in total. The summed E-state index contributed by atoms with van der Waals surface area (Å²) in [4.78, 5) is 14.1. The first kappa shape index (κ1) is 19.3. The summed E-state index contributed by atoms with van der Waals surface area (Å²) in [6.45, 7) is 12.3. The standard InChI is InChI=1S/C17H35NO2/c1-6-10-12-16(11-7-2)15(5)20-17(19)18(13-8-3)14-9-4/h15-16H,6-14H2,1-5H3. The van der Waals surface area contributed by atoms with E-state index in [-0.39, 0.29) is 12.2 Å². The van der Waals surface area contributed by atoms with Crippen LogP contribution in [0.5, 0.6) is 0 Å². The summed E-state index contributed by atoms with van der Waals surface area (Å²) in [6.07, 6.45) is 7.78. The van der Waals surface area contributed by atoms with Gasteiger partial charge in [0.05, 0.1) is 0 Å².